The Balaban J connectivity index is 4.24. The average molecular weight is 222 g/mol. The summed E-state index contributed by atoms with van der Waals surface area (Å²) in [5.74, 6) is -1.72. The highest BCUT2D eigenvalue weighted by molar-refractivity contribution is 6.54. The van der Waals surface area contributed by atoms with Crippen LogP contribution in [0.4, 0.5) is 0 Å². The molecule has 14 heavy (non-hydrogen) atoms. The predicted molar refractivity (Wildman–Crippen MR) is 50.6 cm³/mol. The van der Waals surface area contributed by atoms with E-state index in [4.69, 9.17) is 17.0 Å². The van der Waals surface area contributed by atoms with Gasteiger partial charge < -0.3 is 9.47 Å². The molecule has 0 aromatic carbocycles. The molecule has 0 aliphatic rings. The predicted octanol–water partition coefficient (Wildman–Crippen LogP) is 0.740. The van der Waals surface area contributed by atoms with Crippen molar-refractivity contribution in [2.75, 3.05) is 13.2 Å². The van der Waals surface area contributed by atoms with Crippen LogP contribution < -0.4 is 0 Å². The summed E-state index contributed by atoms with van der Waals surface area (Å²) in [4.78, 5) is 21.9. The van der Waals surface area contributed by atoms with Gasteiger partial charge in [-0.25, -0.2) is 4.79 Å². The van der Waals surface area contributed by atoms with Crippen molar-refractivity contribution < 1.29 is 19.1 Å². The van der Waals surface area contributed by atoms with Gasteiger partial charge >= 0.3 is 11.9 Å². The Bertz CT molecular complexity index is 241. The fraction of sp³-hybridized carbons (Fsp3) is 0.625. The zero-order chi connectivity index (χ0) is 11.1. The van der Waals surface area contributed by atoms with Gasteiger partial charge in [-0.3, -0.25) is 10.2 Å². The molecule has 0 amide bonds. The second-order valence-corrected chi connectivity index (χ2v) is 2.69. The normalized spacial score (nSPS) is 11.6. The van der Waals surface area contributed by atoms with Crippen molar-refractivity contribution in [3.05, 3.63) is 0 Å². The van der Waals surface area contributed by atoms with Crippen molar-refractivity contribution in [1.82, 2.24) is 0 Å². The highest BCUT2D eigenvalue weighted by atomic mass is 35.5. The third kappa shape index (κ3) is 3.74. The number of hydrogen-bond acceptors (Lipinski definition) is 5. The molecule has 0 aromatic rings. The van der Waals surface area contributed by atoms with Crippen LogP contribution in [0.5, 0.6) is 0 Å². The van der Waals surface area contributed by atoms with Gasteiger partial charge in [0.25, 0.3) is 0 Å². The summed E-state index contributed by atoms with van der Waals surface area (Å²) in [7, 11) is 0. The van der Waals surface area contributed by atoms with Gasteiger partial charge in [-0.15, -0.1) is 11.6 Å². The molecule has 0 saturated heterocycles. The molecule has 0 heterocycles. The minimum absolute atomic E-state index is 0.133. The molecule has 0 radical (unpaired) electrons. The van der Waals surface area contributed by atoms with E-state index < -0.39 is 23.0 Å². The van der Waals surface area contributed by atoms with Crippen LogP contribution in [0.25, 0.3) is 0 Å². The SMILES string of the molecule is CCOC(=O)C(=N)C(Cl)C(=O)OCC. The smallest absolute Gasteiger partial charge is 0.354 e. The molecule has 0 aliphatic carbocycles. The Labute approximate surface area is 86.8 Å². The third-order valence-electron chi connectivity index (χ3n) is 1.24. The lowest BCUT2D eigenvalue weighted by Gasteiger charge is -2.08. The molecule has 6 heteroatoms. The van der Waals surface area contributed by atoms with Gasteiger partial charge in [-0.05, 0) is 13.8 Å². The van der Waals surface area contributed by atoms with Crippen LogP contribution in [0.2, 0.25) is 0 Å². The van der Waals surface area contributed by atoms with Crippen molar-refractivity contribution in [1.29, 1.82) is 5.41 Å². The third-order valence-corrected chi connectivity index (χ3v) is 1.64. The summed E-state index contributed by atoms with van der Waals surface area (Å²) in [6.07, 6.45) is 0. The summed E-state index contributed by atoms with van der Waals surface area (Å²) in [5, 5.41) is 5.81. The van der Waals surface area contributed by atoms with Gasteiger partial charge in [-0.2, -0.15) is 0 Å². The van der Waals surface area contributed by atoms with Crippen LogP contribution in [0.1, 0.15) is 13.8 Å². The van der Waals surface area contributed by atoms with Crippen molar-refractivity contribution in [2.45, 2.75) is 19.2 Å². The molecule has 1 atom stereocenters. The van der Waals surface area contributed by atoms with Gasteiger partial charge in [0.1, 0.15) is 5.71 Å². The molecule has 0 aromatic heterocycles. The second kappa shape index (κ2) is 6.37. The Morgan fingerprint density at radius 1 is 1.29 bits per heavy atom. The number of nitrogens with one attached hydrogen (secondary N) is 1. The number of rotatable bonds is 5. The zero-order valence-corrected chi connectivity index (χ0v) is 8.76. The summed E-state index contributed by atoms with van der Waals surface area (Å²) < 4.78 is 9.03. The average Bonchev–Trinajstić information content (AvgIpc) is 2.16. The van der Waals surface area contributed by atoms with Gasteiger partial charge in [0.2, 0.25) is 0 Å². The van der Waals surface area contributed by atoms with Crippen molar-refractivity contribution >= 4 is 29.3 Å². The molecule has 0 spiro atoms. The summed E-state index contributed by atoms with van der Waals surface area (Å²) in [6.45, 7) is 3.49. The molecule has 80 valence electrons. The lowest BCUT2D eigenvalue weighted by molar-refractivity contribution is -0.143. The number of ether oxygens (including phenoxy) is 2. The van der Waals surface area contributed by atoms with Crippen LogP contribution >= 0.6 is 11.6 Å². The number of hydrogen-bond donors (Lipinski definition) is 1. The number of carbonyl (C=O) groups excluding carboxylic acids is 2. The summed E-state index contributed by atoms with van der Waals surface area (Å²) in [6, 6.07) is 0. The molecular weight excluding hydrogens is 210 g/mol. The van der Waals surface area contributed by atoms with E-state index in [-0.39, 0.29) is 13.2 Å². The molecule has 0 bridgehead atoms. The molecule has 0 fully saturated rings. The topological polar surface area (TPSA) is 76.5 Å². The Hall–Kier alpha value is -1.10. The fourth-order valence-corrected chi connectivity index (χ4v) is 0.798. The standard InChI is InChI=1S/C8H12ClNO4/c1-3-13-7(11)5(9)6(10)8(12)14-4-2/h5,10H,3-4H2,1-2H3. The maximum absolute atomic E-state index is 11.0. The zero-order valence-electron chi connectivity index (χ0n) is 8.00. The lowest BCUT2D eigenvalue weighted by Crippen LogP contribution is -2.33. The van der Waals surface area contributed by atoms with E-state index >= 15 is 0 Å². The van der Waals surface area contributed by atoms with Gasteiger partial charge in [0.15, 0.2) is 5.38 Å². The number of halogens is 1. The molecular formula is C8H12ClNO4. The van der Waals surface area contributed by atoms with Crippen LogP contribution in [0.15, 0.2) is 0 Å². The Morgan fingerprint density at radius 3 is 2.21 bits per heavy atom. The molecule has 5 nitrogen and oxygen atoms in total. The van der Waals surface area contributed by atoms with E-state index in [0.29, 0.717) is 0 Å². The number of carbonyl (C=O) groups is 2. The highest BCUT2D eigenvalue weighted by Crippen LogP contribution is 2.03. The lowest BCUT2D eigenvalue weighted by atomic mass is 10.2. The first kappa shape index (κ1) is 12.9. The Morgan fingerprint density at radius 2 is 1.79 bits per heavy atom. The number of alkyl halides is 1. The molecule has 1 unspecified atom stereocenters. The van der Waals surface area contributed by atoms with Crippen molar-refractivity contribution in [3.63, 3.8) is 0 Å². The Kier molecular flexibility index (Phi) is 5.87. The molecule has 0 rings (SSSR count). The fourth-order valence-electron chi connectivity index (χ4n) is 0.646. The molecule has 1 N–H and O–H groups in total. The van der Waals surface area contributed by atoms with E-state index in [2.05, 4.69) is 9.47 Å². The van der Waals surface area contributed by atoms with Crippen LogP contribution in [-0.2, 0) is 19.1 Å². The molecule has 0 aliphatic heterocycles. The van der Waals surface area contributed by atoms with Crippen molar-refractivity contribution in [3.8, 4) is 0 Å². The van der Waals surface area contributed by atoms with E-state index in [0.717, 1.165) is 0 Å². The van der Waals surface area contributed by atoms with Crippen LogP contribution in [0, 0.1) is 5.41 Å². The molecule has 0 saturated carbocycles. The van der Waals surface area contributed by atoms with Gasteiger partial charge in [0, 0.05) is 0 Å². The first-order valence-electron chi connectivity index (χ1n) is 4.10. The first-order valence-corrected chi connectivity index (χ1v) is 4.54. The van der Waals surface area contributed by atoms with E-state index in [9.17, 15) is 9.59 Å². The van der Waals surface area contributed by atoms with Crippen LogP contribution in [0.3, 0.4) is 0 Å². The van der Waals surface area contributed by atoms with Gasteiger partial charge in [0.05, 0.1) is 13.2 Å². The maximum Gasteiger partial charge on any atom is 0.354 e. The second-order valence-electron chi connectivity index (χ2n) is 2.25. The summed E-state index contributed by atoms with van der Waals surface area (Å²) >= 11 is 5.49. The highest BCUT2D eigenvalue weighted by Gasteiger charge is 2.27. The summed E-state index contributed by atoms with van der Waals surface area (Å²) in [5.41, 5.74) is -0.605. The monoisotopic (exact) mass is 221 g/mol. The maximum atomic E-state index is 11.0. The number of esters is 2. The van der Waals surface area contributed by atoms with E-state index in [1.54, 1.807) is 13.8 Å². The first-order chi connectivity index (χ1) is 6.54. The quantitative estimate of drug-likeness (QED) is 0.422. The van der Waals surface area contributed by atoms with Crippen LogP contribution in [-0.4, -0.2) is 36.2 Å². The van der Waals surface area contributed by atoms with E-state index in [1.165, 1.54) is 0 Å². The van der Waals surface area contributed by atoms with Gasteiger partial charge in [-0.1, -0.05) is 0 Å². The van der Waals surface area contributed by atoms with E-state index in [1.807, 2.05) is 0 Å². The van der Waals surface area contributed by atoms with Crippen molar-refractivity contribution in [2.24, 2.45) is 0 Å². The minimum Gasteiger partial charge on any atom is -0.465 e. The largest absolute Gasteiger partial charge is 0.465 e. The minimum atomic E-state index is -1.39.